The van der Waals surface area contributed by atoms with Crippen molar-refractivity contribution >= 4 is 11.6 Å². The molecular weight excluding hydrogens is 278 g/mol. The summed E-state index contributed by atoms with van der Waals surface area (Å²) in [6.07, 6.45) is 0. The molecule has 21 heavy (non-hydrogen) atoms. The van der Waals surface area contributed by atoms with Gasteiger partial charge in [0.15, 0.2) is 0 Å². The van der Waals surface area contributed by atoms with E-state index >= 15 is 0 Å². The maximum Gasteiger partial charge on any atom is 0.244 e. The summed E-state index contributed by atoms with van der Waals surface area (Å²) in [6, 6.07) is 8.57. The molecule has 0 spiro atoms. The van der Waals surface area contributed by atoms with E-state index in [0.29, 0.717) is 11.4 Å². The maximum absolute atomic E-state index is 13.3. The van der Waals surface area contributed by atoms with Gasteiger partial charge in [0.05, 0.1) is 7.11 Å². The number of halogens is 2. The number of ether oxygens (including phenoxy) is 1. The SMILES string of the molecule is COc1cccc(NC(C(N)=O)c2cc(F)cc(F)c2)c1. The van der Waals surface area contributed by atoms with Crippen molar-refractivity contribution in [2.45, 2.75) is 6.04 Å². The lowest BCUT2D eigenvalue weighted by molar-refractivity contribution is -0.118. The Balaban J connectivity index is 2.32. The molecule has 0 aromatic heterocycles. The fourth-order valence-electron chi connectivity index (χ4n) is 1.94. The standard InChI is InChI=1S/C15H14F2N2O2/c1-21-13-4-2-3-12(8-13)19-14(15(18)20)9-5-10(16)7-11(17)6-9/h2-8,14,19H,1H3,(H2,18,20). The van der Waals surface area contributed by atoms with Gasteiger partial charge in [-0.3, -0.25) is 4.79 Å². The van der Waals surface area contributed by atoms with Crippen LogP contribution in [0.25, 0.3) is 0 Å². The zero-order valence-electron chi connectivity index (χ0n) is 11.3. The Morgan fingerprint density at radius 2 is 1.86 bits per heavy atom. The highest BCUT2D eigenvalue weighted by molar-refractivity contribution is 5.84. The number of benzene rings is 2. The van der Waals surface area contributed by atoms with E-state index in [2.05, 4.69) is 5.32 Å². The minimum absolute atomic E-state index is 0.114. The van der Waals surface area contributed by atoms with E-state index in [1.165, 1.54) is 7.11 Å². The van der Waals surface area contributed by atoms with Crippen LogP contribution in [0.3, 0.4) is 0 Å². The molecule has 0 heterocycles. The van der Waals surface area contributed by atoms with Gasteiger partial charge in [0.25, 0.3) is 0 Å². The Morgan fingerprint density at radius 3 is 2.43 bits per heavy atom. The maximum atomic E-state index is 13.3. The minimum atomic E-state index is -1.05. The van der Waals surface area contributed by atoms with Gasteiger partial charge < -0.3 is 15.8 Å². The van der Waals surface area contributed by atoms with Crippen molar-refractivity contribution in [3.63, 3.8) is 0 Å². The van der Waals surface area contributed by atoms with E-state index in [0.717, 1.165) is 18.2 Å². The molecule has 1 amide bonds. The van der Waals surface area contributed by atoms with Gasteiger partial charge in [0, 0.05) is 17.8 Å². The Labute approximate surface area is 120 Å². The molecule has 0 aliphatic rings. The lowest BCUT2D eigenvalue weighted by Crippen LogP contribution is -2.28. The van der Waals surface area contributed by atoms with E-state index in [-0.39, 0.29) is 5.56 Å². The summed E-state index contributed by atoms with van der Waals surface area (Å²) in [5, 5.41) is 2.84. The summed E-state index contributed by atoms with van der Waals surface area (Å²) in [4.78, 5) is 11.6. The number of hydrogen-bond donors (Lipinski definition) is 2. The number of nitrogens with two attached hydrogens (primary N) is 1. The predicted molar refractivity (Wildman–Crippen MR) is 74.9 cm³/mol. The Bertz CT molecular complexity index is 642. The first-order valence-electron chi connectivity index (χ1n) is 6.15. The molecule has 0 saturated heterocycles. The molecule has 0 aliphatic heterocycles. The number of anilines is 1. The van der Waals surface area contributed by atoms with Gasteiger partial charge in [0.2, 0.25) is 5.91 Å². The number of rotatable bonds is 5. The zero-order chi connectivity index (χ0) is 15.4. The largest absolute Gasteiger partial charge is 0.497 e. The van der Waals surface area contributed by atoms with Gasteiger partial charge in [-0.2, -0.15) is 0 Å². The number of amides is 1. The molecule has 0 fully saturated rings. The molecule has 2 aromatic carbocycles. The average Bonchev–Trinajstić information content (AvgIpc) is 2.43. The molecular formula is C15H14F2N2O2. The van der Waals surface area contributed by atoms with E-state index < -0.39 is 23.6 Å². The number of hydrogen-bond acceptors (Lipinski definition) is 3. The van der Waals surface area contributed by atoms with Crippen molar-refractivity contribution in [3.8, 4) is 5.75 Å². The van der Waals surface area contributed by atoms with Crippen molar-refractivity contribution in [1.82, 2.24) is 0 Å². The third-order valence-electron chi connectivity index (χ3n) is 2.88. The van der Waals surface area contributed by atoms with Crippen LogP contribution >= 0.6 is 0 Å². The highest BCUT2D eigenvalue weighted by Crippen LogP contribution is 2.24. The van der Waals surface area contributed by atoms with Crippen LogP contribution in [-0.4, -0.2) is 13.0 Å². The summed E-state index contributed by atoms with van der Waals surface area (Å²) < 4.78 is 31.6. The van der Waals surface area contributed by atoms with Crippen LogP contribution in [0.5, 0.6) is 5.75 Å². The number of primary amides is 1. The zero-order valence-corrected chi connectivity index (χ0v) is 11.3. The van der Waals surface area contributed by atoms with Crippen LogP contribution in [0.15, 0.2) is 42.5 Å². The molecule has 3 N–H and O–H groups in total. The van der Waals surface area contributed by atoms with Gasteiger partial charge in [-0.05, 0) is 29.8 Å². The Morgan fingerprint density at radius 1 is 1.19 bits per heavy atom. The van der Waals surface area contributed by atoms with Gasteiger partial charge in [0.1, 0.15) is 23.4 Å². The first kappa shape index (κ1) is 14.8. The fraction of sp³-hybridized carbons (Fsp3) is 0.133. The number of nitrogens with one attached hydrogen (secondary N) is 1. The molecule has 0 saturated carbocycles. The topological polar surface area (TPSA) is 64.3 Å². The fourth-order valence-corrected chi connectivity index (χ4v) is 1.94. The second-order valence-corrected chi connectivity index (χ2v) is 4.41. The lowest BCUT2D eigenvalue weighted by atomic mass is 10.1. The van der Waals surface area contributed by atoms with E-state index in [1.807, 2.05) is 0 Å². The van der Waals surface area contributed by atoms with Crippen molar-refractivity contribution in [1.29, 1.82) is 0 Å². The molecule has 110 valence electrons. The molecule has 2 rings (SSSR count). The second kappa shape index (κ2) is 6.21. The number of carbonyl (C=O) groups is 1. The summed E-state index contributed by atoms with van der Waals surface area (Å²) in [6.45, 7) is 0. The van der Waals surface area contributed by atoms with Crippen molar-refractivity contribution in [3.05, 3.63) is 59.7 Å². The van der Waals surface area contributed by atoms with E-state index in [9.17, 15) is 13.6 Å². The molecule has 1 atom stereocenters. The summed E-state index contributed by atoms with van der Waals surface area (Å²) >= 11 is 0. The smallest absolute Gasteiger partial charge is 0.244 e. The van der Waals surface area contributed by atoms with Crippen LogP contribution in [0.1, 0.15) is 11.6 Å². The third kappa shape index (κ3) is 3.68. The summed E-state index contributed by atoms with van der Waals surface area (Å²) in [5.74, 6) is -1.72. The average molecular weight is 292 g/mol. The molecule has 6 heteroatoms. The van der Waals surface area contributed by atoms with Crippen LogP contribution in [0.2, 0.25) is 0 Å². The van der Waals surface area contributed by atoms with Crippen LogP contribution in [0.4, 0.5) is 14.5 Å². The first-order valence-corrected chi connectivity index (χ1v) is 6.15. The quantitative estimate of drug-likeness (QED) is 0.890. The molecule has 0 radical (unpaired) electrons. The van der Waals surface area contributed by atoms with E-state index in [4.69, 9.17) is 10.5 Å². The molecule has 0 aliphatic carbocycles. The van der Waals surface area contributed by atoms with Crippen LogP contribution in [-0.2, 0) is 4.79 Å². The number of methoxy groups -OCH3 is 1. The molecule has 1 unspecified atom stereocenters. The predicted octanol–water partition coefficient (Wildman–Crippen LogP) is 2.61. The highest BCUT2D eigenvalue weighted by Gasteiger charge is 2.19. The summed E-state index contributed by atoms with van der Waals surface area (Å²) in [7, 11) is 1.51. The highest BCUT2D eigenvalue weighted by atomic mass is 19.1. The van der Waals surface area contributed by atoms with E-state index in [1.54, 1.807) is 24.3 Å². The molecule has 0 bridgehead atoms. The van der Waals surface area contributed by atoms with Gasteiger partial charge in [-0.25, -0.2) is 8.78 Å². The van der Waals surface area contributed by atoms with Crippen molar-refractivity contribution < 1.29 is 18.3 Å². The Kier molecular flexibility index (Phi) is 4.37. The number of carbonyl (C=O) groups excluding carboxylic acids is 1. The van der Waals surface area contributed by atoms with Crippen molar-refractivity contribution in [2.75, 3.05) is 12.4 Å². The second-order valence-electron chi connectivity index (χ2n) is 4.41. The minimum Gasteiger partial charge on any atom is -0.497 e. The normalized spacial score (nSPS) is 11.8. The first-order chi connectivity index (χ1) is 9.99. The monoisotopic (exact) mass is 292 g/mol. The summed E-state index contributed by atoms with van der Waals surface area (Å²) in [5.41, 5.74) is 5.97. The third-order valence-corrected chi connectivity index (χ3v) is 2.88. The van der Waals surface area contributed by atoms with Gasteiger partial charge in [-0.15, -0.1) is 0 Å². The van der Waals surface area contributed by atoms with Gasteiger partial charge >= 0.3 is 0 Å². The lowest BCUT2D eigenvalue weighted by Gasteiger charge is -2.18. The Hall–Kier alpha value is -2.63. The molecule has 2 aromatic rings. The van der Waals surface area contributed by atoms with Crippen LogP contribution < -0.4 is 15.8 Å². The van der Waals surface area contributed by atoms with Gasteiger partial charge in [-0.1, -0.05) is 6.07 Å². The van der Waals surface area contributed by atoms with Crippen molar-refractivity contribution in [2.24, 2.45) is 5.73 Å². The molecule has 4 nitrogen and oxygen atoms in total. The van der Waals surface area contributed by atoms with Crippen LogP contribution in [0, 0.1) is 11.6 Å².